The van der Waals surface area contributed by atoms with E-state index >= 15 is 0 Å². The molecule has 1 aliphatic carbocycles. The average Bonchev–Trinajstić information content (AvgIpc) is 2.59. The molecule has 0 bridgehead atoms. The number of rotatable bonds is 3. The molecule has 0 aromatic heterocycles. The molecule has 24 heavy (non-hydrogen) atoms. The molecule has 2 aromatic carbocycles. The first-order valence-electron chi connectivity index (χ1n) is 8.07. The van der Waals surface area contributed by atoms with Crippen LogP contribution in [0.2, 0.25) is 5.02 Å². The van der Waals surface area contributed by atoms with Gasteiger partial charge in [0, 0.05) is 20.2 Å². The van der Waals surface area contributed by atoms with Gasteiger partial charge in [-0.2, -0.15) is 0 Å². The molecule has 2 N–H and O–H groups in total. The first kappa shape index (κ1) is 17.7. The molecule has 0 heterocycles. The molecule has 3 nitrogen and oxygen atoms in total. The second-order valence-electron chi connectivity index (χ2n) is 6.18. The fraction of sp³-hybridized carbons (Fsp3) is 0.316. The van der Waals surface area contributed by atoms with Gasteiger partial charge in [-0.25, -0.2) is 0 Å². The zero-order valence-electron chi connectivity index (χ0n) is 13.1. The van der Waals surface area contributed by atoms with E-state index < -0.39 is 0 Å². The summed E-state index contributed by atoms with van der Waals surface area (Å²) < 4.78 is 1.09. The predicted molar refractivity (Wildman–Crippen MR) is 105 cm³/mol. The number of hydrogen-bond donors (Lipinski definition) is 2. The zero-order chi connectivity index (χ0) is 17.1. The minimum Gasteiger partial charge on any atom is -0.393 e. The largest absolute Gasteiger partial charge is 0.393 e. The quantitative estimate of drug-likeness (QED) is 0.662. The van der Waals surface area contributed by atoms with E-state index in [9.17, 15) is 9.90 Å². The first-order valence-corrected chi connectivity index (χ1v) is 9.53. The van der Waals surface area contributed by atoms with Crippen molar-refractivity contribution < 1.29 is 9.90 Å². The van der Waals surface area contributed by atoms with Crippen molar-refractivity contribution in [3.63, 3.8) is 0 Å². The monoisotopic (exact) mass is 455 g/mol. The van der Waals surface area contributed by atoms with Gasteiger partial charge in [-0.15, -0.1) is 0 Å². The molecule has 3 rings (SSSR count). The van der Waals surface area contributed by atoms with Gasteiger partial charge in [-0.1, -0.05) is 23.7 Å². The van der Waals surface area contributed by atoms with Gasteiger partial charge in [0.15, 0.2) is 0 Å². The van der Waals surface area contributed by atoms with Gasteiger partial charge in [0.25, 0.3) is 5.91 Å². The van der Waals surface area contributed by atoms with Crippen LogP contribution in [0, 0.1) is 3.57 Å². The highest BCUT2D eigenvalue weighted by molar-refractivity contribution is 14.1. The van der Waals surface area contributed by atoms with Gasteiger partial charge in [-0.05, 0) is 89.7 Å². The number of halogens is 2. The van der Waals surface area contributed by atoms with Crippen LogP contribution >= 0.6 is 34.2 Å². The lowest BCUT2D eigenvalue weighted by Gasteiger charge is -2.26. The highest BCUT2D eigenvalue weighted by atomic mass is 127. The summed E-state index contributed by atoms with van der Waals surface area (Å²) in [5, 5.41) is 13.3. The number of aliphatic hydroxyl groups is 1. The number of nitrogens with one attached hydrogen (secondary N) is 1. The molecule has 1 amide bonds. The van der Waals surface area contributed by atoms with Gasteiger partial charge in [-0.3, -0.25) is 4.79 Å². The van der Waals surface area contributed by atoms with E-state index in [0.717, 1.165) is 40.4 Å². The molecule has 0 spiro atoms. The topological polar surface area (TPSA) is 49.3 Å². The summed E-state index contributed by atoms with van der Waals surface area (Å²) in [6, 6.07) is 13.5. The summed E-state index contributed by atoms with van der Waals surface area (Å²) in [5.74, 6) is -0.0599. The van der Waals surface area contributed by atoms with Crippen LogP contribution in [-0.4, -0.2) is 23.2 Å². The molecule has 0 aliphatic heterocycles. The molecule has 1 fully saturated rings. The van der Waals surface area contributed by atoms with Gasteiger partial charge >= 0.3 is 0 Å². The van der Waals surface area contributed by atoms with Crippen molar-refractivity contribution in [3.8, 4) is 11.1 Å². The summed E-state index contributed by atoms with van der Waals surface area (Å²) in [6.07, 6.45) is 2.96. The van der Waals surface area contributed by atoms with Crippen LogP contribution in [0.5, 0.6) is 0 Å². The van der Waals surface area contributed by atoms with Crippen LogP contribution in [-0.2, 0) is 0 Å². The minimum absolute atomic E-state index is 0.0599. The third kappa shape index (κ3) is 4.29. The Kier molecular flexibility index (Phi) is 5.79. The Balaban J connectivity index is 1.77. The highest BCUT2D eigenvalue weighted by Crippen LogP contribution is 2.29. The number of amides is 1. The lowest BCUT2D eigenvalue weighted by molar-refractivity contribution is 0.0867. The highest BCUT2D eigenvalue weighted by Gasteiger charge is 2.21. The molecule has 0 radical (unpaired) electrons. The molecule has 0 saturated heterocycles. The second kappa shape index (κ2) is 7.85. The van der Waals surface area contributed by atoms with Crippen LogP contribution < -0.4 is 5.32 Å². The maximum absolute atomic E-state index is 12.5. The molecule has 1 saturated carbocycles. The Morgan fingerprint density at radius 3 is 2.62 bits per heavy atom. The zero-order valence-corrected chi connectivity index (χ0v) is 16.0. The van der Waals surface area contributed by atoms with Crippen molar-refractivity contribution >= 4 is 40.1 Å². The van der Waals surface area contributed by atoms with Gasteiger partial charge in [0.05, 0.1) is 6.10 Å². The van der Waals surface area contributed by atoms with E-state index in [1.165, 1.54) is 0 Å². The van der Waals surface area contributed by atoms with Gasteiger partial charge in [0.2, 0.25) is 0 Å². The molecular weight excluding hydrogens is 437 g/mol. The van der Waals surface area contributed by atoms with Crippen LogP contribution in [0.25, 0.3) is 11.1 Å². The van der Waals surface area contributed by atoms with E-state index in [1.807, 2.05) is 42.5 Å². The third-order valence-electron chi connectivity index (χ3n) is 4.40. The summed E-state index contributed by atoms with van der Waals surface area (Å²) in [4.78, 5) is 12.5. The summed E-state index contributed by atoms with van der Waals surface area (Å²) >= 11 is 8.38. The van der Waals surface area contributed by atoms with Crippen molar-refractivity contribution in [2.24, 2.45) is 0 Å². The van der Waals surface area contributed by atoms with Crippen LogP contribution in [0.3, 0.4) is 0 Å². The Morgan fingerprint density at radius 1 is 1.12 bits per heavy atom. The lowest BCUT2D eigenvalue weighted by Crippen LogP contribution is -2.38. The van der Waals surface area contributed by atoms with Crippen molar-refractivity contribution in [2.75, 3.05) is 0 Å². The summed E-state index contributed by atoms with van der Waals surface area (Å²) in [6.45, 7) is 0. The van der Waals surface area contributed by atoms with Crippen LogP contribution in [0.1, 0.15) is 36.0 Å². The second-order valence-corrected chi connectivity index (χ2v) is 7.78. The molecule has 1 aliphatic rings. The first-order chi connectivity index (χ1) is 11.5. The molecule has 126 valence electrons. The summed E-state index contributed by atoms with van der Waals surface area (Å²) in [7, 11) is 0. The average molecular weight is 456 g/mol. The Morgan fingerprint density at radius 2 is 1.88 bits per heavy atom. The maximum atomic E-state index is 12.5. The smallest absolute Gasteiger partial charge is 0.251 e. The standard InChI is InChI=1S/C19H19ClINO2/c20-14-4-9-18(21)17(11-14)12-2-1-3-13(10-12)19(24)22-15-5-7-16(23)8-6-15/h1-4,9-11,15-16,23H,5-8H2,(H,22,24)/t15-,16-. The fourth-order valence-corrected chi connectivity index (χ4v) is 3.85. The van der Waals surface area contributed by atoms with Crippen LogP contribution in [0.15, 0.2) is 42.5 Å². The van der Waals surface area contributed by atoms with E-state index in [-0.39, 0.29) is 18.1 Å². The maximum Gasteiger partial charge on any atom is 0.251 e. The van der Waals surface area contributed by atoms with E-state index in [2.05, 4.69) is 27.9 Å². The SMILES string of the molecule is O=C(N[C@H]1CC[C@H](O)CC1)c1cccc(-c2cc(Cl)ccc2I)c1. The molecule has 0 unspecified atom stereocenters. The van der Waals surface area contributed by atoms with Crippen molar-refractivity contribution in [1.82, 2.24) is 5.32 Å². The summed E-state index contributed by atoms with van der Waals surface area (Å²) in [5.41, 5.74) is 2.65. The van der Waals surface area contributed by atoms with E-state index in [1.54, 1.807) is 0 Å². The van der Waals surface area contributed by atoms with Gasteiger partial charge in [0.1, 0.15) is 0 Å². The van der Waals surface area contributed by atoms with Gasteiger partial charge < -0.3 is 10.4 Å². The molecule has 5 heteroatoms. The van der Waals surface area contributed by atoms with Crippen molar-refractivity contribution in [2.45, 2.75) is 37.8 Å². The Labute approximate surface area is 160 Å². The number of benzene rings is 2. The number of carbonyl (C=O) groups is 1. The Hall–Kier alpha value is -1.11. The Bertz CT molecular complexity index is 742. The molecular formula is C19H19ClINO2. The number of aliphatic hydroxyl groups excluding tert-OH is 1. The predicted octanol–water partition coefficient (Wildman–Crippen LogP) is 4.64. The third-order valence-corrected chi connectivity index (χ3v) is 5.57. The lowest BCUT2D eigenvalue weighted by atomic mass is 9.93. The minimum atomic E-state index is -0.216. The normalized spacial score (nSPS) is 20.6. The van der Waals surface area contributed by atoms with E-state index in [4.69, 9.17) is 11.6 Å². The molecule has 0 atom stereocenters. The van der Waals surface area contributed by atoms with E-state index in [0.29, 0.717) is 10.6 Å². The molecule has 2 aromatic rings. The number of hydrogen-bond acceptors (Lipinski definition) is 2. The van der Waals surface area contributed by atoms with Crippen LogP contribution in [0.4, 0.5) is 0 Å². The van der Waals surface area contributed by atoms with Crippen molar-refractivity contribution in [1.29, 1.82) is 0 Å². The van der Waals surface area contributed by atoms with Crippen molar-refractivity contribution in [3.05, 3.63) is 56.6 Å². The fourth-order valence-electron chi connectivity index (χ4n) is 3.04. The number of carbonyl (C=O) groups excluding carboxylic acids is 1.